The normalized spacial score (nSPS) is 11.4. The van der Waals surface area contributed by atoms with E-state index in [1.165, 1.54) is 0 Å². The van der Waals surface area contributed by atoms with Crippen molar-refractivity contribution in [1.29, 1.82) is 0 Å². The third kappa shape index (κ3) is 5.38. The fourth-order valence-electron chi connectivity index (χ4n) is 1.63. The Balaban J connectivity index is 2.43. The molecule has 1 heterocycles. The van der Waals surface area contributed by atoms with Crippen LogP contribution in [0.2, 0.25) is 0 Å². The molecular formula is C12H23N5O2S. The molecule has 0 saturated heterocycles. The zero-order valence-electron chi connectivity index (χ0n) is 12.2. The highest BCUT2D eigenvalue weighted by molar-refractivity contribution is 7.99. The molecule has 0 aliphatic heterocycles. The molecule has 0 aromatic carbocycles. The van der Waals surface area contributed by atoms with Crippen LogP contribution in [0.1, 0.15) is 26.7 Å². The lowest BCUT2D eigenvalue weighted by Gasteiger charge is -2.20. The number of rotatable bonds is 9. The van der Waals surface area contributed by atoms with Crippen LogP contribution in [0.25, 0.3) is 0 Å². The number of nitrogen functional groups attached to an aromatic ring is 1. The van der Waals surface area contributed by atoms with E-state index in [4.69, 9.17) is 10.8 Å². The van der Waals surface area contributed by atoms with Crippen LogP contribution >= 0.6 is 11.8 Å². The first kappa shape index (κ1) is 16.8. The van der Waals surface area contributed by atoms with Crippen LogP contribution in [-0.4, -0.2) is 56.1 Å². The summed E-state index contributed by atoms with van der Waals surface area (Å²) in [7, 11) is 2.10. The maximum Gasteiger partial charge on any atom is 0.313 e. The second-order valence-corrected chi connectivity index (χ2v) is 5.90. The van der Waals surface area contributed by atoms with Crippen LogP contribution in [0.5, 0.6) is 0 Å². The van der Waals surface area contributed by atoms with Crippen LogP contribution < -0.4 is 5.73 Å². The van der Waals surface area contributed by atoms with Crippen molar-refractivity contribution < 1.29 is 9.90 Å². The van der Waals surface area contributed by atoms with Crippen LogP contribution in [0, 0.1) is 0 Å². The molecule has 0 spiro atoms. The van der Waals surface area contributed by atoms with E-state index in [1.54, 1.807) is 4.57 Å². The predicted octanol–water partition coefficient (Wildman–Crippen LogP) is 1.16. The fraction of sp³-hybridized carbons (Fsp3) is 0.750. The number of hydrogen-bond donors (Lipinski definition) is 2. The molecule has 1 rings (SSSR count). The summed E-state index contributed by atoms with van der Waals surface area (Å²) in [5.41, 5.74) is 5.76. The Hall–Kier alpha value is -1.28. The second-order valence-electron chi connectivity index (χ2n) is 4.96. The number of aliphatic carboxylic acids is 1. The Morgan fingerprint density at radius 1 is 1.45 bits per heavy atom. The van der Waals surface area contributed by atoms with Crippen molar-refractivity contribution >= 4 is 23.7 Å². The molecule has 0 radical (unpaired) electrons. The van der Waals surface area contributed by atoms with Crippen molar-refractivity contribution in [3.05, 3.63) is 0 Å². The number of carboxylic acids is 1. The van der Waals surface area contributed by atoms with Crippen molar-refractivity contribution in [2.24, 2.45) is 0 Å². The van der Waals surface area contributed by atoms with E-state index in [0.717, 1.165) is 31.1 Å². The van der Waals surface area contributed by atoms with E-state index in [2.05, 4.69) is 36.0 Å². The summed E-state index contributed by atoms with van der Waals surface area (Å²) in [6.45, 7) is 6.07. The molecule has 0 atom stereocenters. The third-order valence-corrected chi connectivity index (χ3v) is 4.05. The highest BCUT2D eigenvalue weighted by Crippen LogP contribution is 2.18. The number of anilines is 1. The van der Waals surface area contributed by atoms with Gasteiger partial charge in [0.25, 0.3) is 0 Å². The number of hydrogen-bond acceptors (Lipinski definition) is 6. The topological polar surface area (TPSA) is 97.3 Å². The molecule has 7 nitrogen and oxygen atoms in total. The number of carboxylic acid groups (broad SMARTS) is 1. The molecule has 1 aromatic rings. The number of nitrogens with two attached hydrogens (primary N) is 1. The van der Waals surface area contributed by atoms with Gasteiger partial charge in [0, 0.05) is 12.6 Å². The Kier molecular flexibility index (Phi) is 6.80. The van der Waals surface area contributed by atoms with Gasteiger partial charge in [-0.25, -0.2) is 0 Å². The monoisotopic (exact) mass is 301 g/mol. The lowest BCUT2D eigenvalue weighted by Crippen LogP contribution is -2.27. The predicted molar refractivity (Wildman–Crippen MR) is 79.8 cm³/mol. The van der Waals surface area contributed by atoms with E-state index in [9.17, 15) is 4.79 Å². The Morgan fingerprint density at radius 2 is 2.15 bits per heavy atom. The van der Waals surface area contributed by atoms with Crippen LogP contribution in [0.15, 0.2) is 5.16 Å². The van der Waals surface area contributed by atoms with Crippen LogP contribution in [0.3, 0.4) is 0 Å². The van der Waals surface area contributed by atoms with Gasteiger partial charge in [-0.2, -0.15) is 0 Å². The third-order valence-electron chi connectivity index (χ3n) is 3.09. The van der Waals surface area contributed by atoms with Gasteiger partial charge in [-0.05, 0) is 40.3 Å². The Bertz CT molecular complexity index is 435. The van der Waals surface area contributed by atoms with E-state index in [-0.39, 0.29) is 5.75 Å². The molecule has 20 heavy (non-hydrogen) atoms. The summed E-state index contributed by atoms with van der Waals surface area (Å²) in [5.74, 6) is -0.564. The van der Waals surface area contributed by atoms with Crippen molar-refractivity contribution in [2.45, 2.75) is 44.4 Å². The molecular weight excluding hydrogens is 278 g/mol. The largest absolute Gasteiger partial charge is 0.481 e. The number of nitrogens with zero attached hydrogens (tertiary/aromatic N) is 4. The standard InChI is InChI=1S/C12H23N5O2S/c1-9(2)16(3)6-4-5-7-17-11(13)14-15-12(17)20-8-10(18)19/h9H,4-8H2,1-3H3,(H2,13,14)(H,18,19). The van der Waals surface area contributed by atoms with Crippen LogP contribution in [0.4, 0.5) is 5.95 Å². The first-order valence-corrected chi connectivity index (χ1v) is 7.64. The Labute approximate surface area is 123 Å². The first-order chi connectivity index (χ1) is 9.41. The van der Waals surface area contributed by atoms with E-state index >= 15 is 0 Å². The fourth-order valence-corrected chi connectivity index (χ4v) is 2.32. The smallest absolute Gasteiger partial charge is 0.313 e. The second kappa shape index (κ2) is 8.11. The molecule has 0 saturated carbocycles. The molecule has 0 unspecified atom stereocenters. The van der Waals surface area contributed by atoms with Gasteiger partial charge in [0.15, 0.2) is 5.16 Å². The number of aromatic nitrogens is 3. The van der Waals surface area contributed by atoms with E-state index in [0.29, 0.717) is 23.7 Å². The van der Waals surface area contributed by atoms with Crippen molar-refractivity contribution in [1.82, 2.24) is 19.7 Å². The molecule has 0 fully saturated rings. The highest BCUT2D eigenvalue weighted by atomic mass is 32.2. The molecule has 0 amide bonds. The van der Waals surface area contributed by atoms with Gasteiger partial charge in [0.2, 0.25) is 5.95 Å². The average molecular weight is 301 g/mol. The van der Waals surface area contributed by atoms with Gasteiger partial charge in [-0.3, -0.25) is 9.36 Å². The maximum atomic E-state index is 10.6. The lowest BCUT2D eigenvalue weighted by molar-refractivity contribution is -0.133. The summed E-state index contributed by atoms with van der Waals surface area (Å²) in [6.07, 6.45) is 2.01. The van der Waals surface area contributed by atoms with Crippen molar-refractivity contribution in [3.63, 3.8) is 0 Å². The maximum absolute atomic E-state index is 10.6. The van der Waals surface area contributed by atoms with Gasteiger partial charge in [-0.1, -0.05) is 11.8 Å². The summed E-state index contributed by atoms with van der Waals surface area (Å²) >= 11 is 1.14. The quantitative estimate of drug-likeness (QED) is 0.521. The minimum atomic E-state index is -0.873. The first-order valence-electron chi connectivity index (χ1n) is 6.65. The zero-order valence-corrected chi connectivity index (χ0v) is 13.1. The van der Waals surface area contributed by atoms with Gasteiger partial charge in [-0.15, -0.1) is 10.2 Å². The molecule has 0 aliphatic rings. The molecule has 3 N–H and O–H groups in total. The minimum Gasteiger partial charge on any atom is -0.481 e. The summed E-state index contributed by atoms with van der Waals surface area (Å²) < 4.78 is 1.78. The molecule has 8 heteroatoms. The van der Waals surface area contributed by atoms with Gasteiger partial charge in [0.1, 0.15) is 0 Å². The number of thioether (sulfide) groups is 1. The average Bonchev–Trinajstić information content (AvgIpc) is 2.72. The van der Waals surface area contributed by atoms with Crippen LogP contribution in [-0.2, 0) is 11.3 Å². The van der Waals surface area contributed by atoms with Crippen molar-refractivity contribution in [2.75, 3.05) is 25.1 Å². The summed E-state index contributed by atoms with van der Waals surface area (Å²) in [4.78, 5) is 12.9. The van der Waals surface area contributed by atoms with E-state index in [1.807, 2.05) is 0 Å². The summed E-state index contributed by atoms with van der Waals surface area (Å²) in [5, 5.41) is 17.0. The van der Waals surface area contributed by atoms with Gasteiger partial charge < -0.3 is 15.7 Å². The van der Waals surface area contributed by atoms with Gasteiger partial charge in [0.05, 0.1) is 5.75 Å². The van der Waals surface area contributed by atoms with E-state index < -0.39 is 5.97 Å². The number of unbranched alkanes of at least 4 members (excludes halogenated alkanes) is 1. The summed E-state index contributed by atoms with van der Waals surface area (Å²) in [6, 6.07) is 0.539. The minimum absolute atomic E-state index is 0.0335. The highest BCUT2D eigenvalue weighted by Gasteiger charge is 2.11. The number of carbonyl (C=O) groups is 1. The molecule has 0 bridgehead atoms. The molecule has 0 aliphatic carbocycles. The zero-order chi connectivity index (χ0) is 15.1. The van der Waals surface area contributed by atoms with Crippen molar-refractivity contribution in [3.8, 4) is 0 Å². The SMILES string of the molecule is CC(C)N(C)CCCCn1c(N)nnc1SCC(=O)O. The molecule has 1 aromatic heterocycles. The lowest BCUT2D eigenvalue weighted by atomic mass is 10.2. The molecule has 114 valence electrons. The Morgan fingerprint density at radius 3 is 2.75 bits per heavy atom. The van der Waals surface area contributed by atoms with Gasteiger partial charge >= 0.3 is 5.97 Å².